The van der Waals surface area contributed by atoms with Gasteiger partial charge in [-0.25, -0.2) is 0 Å². The first kappa shape index (κ1) is 11.9. The molecule has 106 valence electrons. The molecule has 0 unspecified atom stereocenters. The Morgan fingerprint density at radius 2 is 1.39 bits per heavy atom. The van der Waals surface area contributed by atoms with Gasteiger partial charge >= 0.3 is 0 Å². The van der Waals surface area contributed by atoms with Crippen LogP contribution in [0.25, 0.3) is 53.2 Å². The number of hydrogen-bond acceptors (Lipinski definition) is 1. The monoisotopic (exact) mass is 308 g/mol. The second-order valence-electron chi connectivity index (χ2n) is 6.17. The lowest BCUT2D eigenvalue weighted by Gasteiger charge is -2.03. The van der Waals surface area contributed by atoms with Crippen LogP contribution < -0.4 is 0 Å². The zero-order valence-electron chi connectivity index (χ0n) is 12.3. The summed E-state index contributed by atoms with van der Waals surface area (Å²) in [7, 11) is 0. The summed E-state index contributed by atoms with van der Waals surface area (Å²) in [6.07, 6.45) is 0. The zero-order valence-corrected chi connectivity index (χ0v) is 13.2. The summed E-state index contributed by atoms with van der Waals surface area (Å²) < 4.78 is 2.80. The Morgan fingerprint density at radius 3 is 2.30 bits per heavy atom. The number of hydrogen-bond donors (Lipinski definition) is 0. The molecular formula is C22H12S. The summed E-state index contributed by atoms with van der Waals surface area (Å²) >= 11 is 1.92. The molecule has 1 aromatic heterocycles. The highest BCUT2D eigenvalue weighted by Crippen LogP contribution is 2.52. The molecule has 0 radical (unpaired) electrons. The predicted octanol–water partition coefficient (Wildman–Crippen LogP) is 6.86. The molecule has 0 N–H and O–H groups in total. The van der Waals surface area contributed by atoms with E-state index < -0.39 is 0 Å². The van der Waals surface area contributed by atoms with E-state index in [-0.39, 0.29) is 0 Å². The first-order chi connectivity index (χ1) is 11.4. The van der Waals surface area contributed by atoms with E-state index in [1.165, 1.54) is 53.2 Å². The summed E-state index contributed by atoms with van der Waals surface area (Å²) in [5.74, 6) is 0. The van der Waals surface area contributed by atoms with E-state index in [0.29, 0.717) is 0 Å². The summed E-state index contributed by atoms with van der Waals surface area (Å²) in [6.45, 7) is 0. The maximum atomic E-state index is 2.31. The highest BCUT2D eigenvalue weighted by Gasteiger charge is 2.24. The lowest BCUT2D eigenvalue weighted by molar-refractivity contribution is 1.77. The van der Waals surface area contributed by atoms with Crippen LogP contribution in [0.3, 0.4) is 0 Å². The second-order valence-corrected chi connectivity index (χ2v) is 7.22. The van der Waals surface area contributed by atoms with Crippen molar-refractivity contribution in [3.8, 4) is 22.3 Å². The van der Waals surface area contributed by atoms with Crippen molar-refractivity contribution in [2.75, 3.05) is 0 Å². The molecule has 1 aliphatic rings. The number of thiophene rings is 1. The molecule has 0 fully saturated rings. The molecule has 0 spiro atoms. The second kappa shape index (κ2) is 4.01. The lowest BCUT2D eigenvalue weighted by atomic mass is 10.0. The summed E-state index contributed by atoms with van der Waals surface area (Å²) in [4.78, 5) is 0. The van der Waals surface area contributed by atoms with Crippen LogP contribution in [0.1, 0.15) is 0 Å². The van der Waals surface area contributed by atoms with Crippen LogP contribution in [0.2, 0.25) is 0 Å². The molecule has 23 heavy (non-hydrogen) atoms. The molecule has 0 amide bonds. The van der Waals surface area contributed by atoms with Crippen LogP contribution >= 0.6 is 11.3 Å². The largest absolute Gasteiger partial charge is 0.135 e. The van der Waals surface area contributed by atoms with Crippen molar-refractivity contribution in [1.82, 2.24) is 0 Å². The maximum Gasteiger partial charge on any atom is 0.0440 e. The predicted molar refractivity (Wildman–Crippen MR) is 101 cm³/mol. The normalized spacial score (nSPS) is 12.3. The molecule has 5 aromatic rings. The molecule has 0 saturated heterocycles. The zero-order chi connectivity index (χ0) is 15.0. The molecule has 0 atom stereocenters. The minimum absolute atomic E-state index is 1.34. The molecule has 1 heteroatoms. The summed E-state index contributed by atoms with van der Waals surface area (Å²) in [5, 5.41) is 5.51. The van der Waals surface area contributed by atoms with Crippen molar-refractivity contribution < 1.29 is 0 Å². The lowest BCUT2D eigenvalue weighted by Crippen LogP contribution is -1.76. The number of rotatable bonds is 0. The molecule has 1 heterocycles. The van der Waals surface area contributed by atoms with E-state index in [1.807, 2.05) is 11.3 Å². The Morgan fingerprint density at radius 1 is 0.565 bits per heavy atom. The van der Waals surface area contributed by atoms with Gasteiger partial charge in [-0.15, -0.1) is 11.3 Å². The molecule has 4 aromatic carbocycles. The van der Waals surface area contributed by atoms with Crippen LogP contribution in [0, 0.1) is 0 Å². The Balaban J connectivity index is 1.89. The van der Waals surface area contributed by atoms with Gasteiger partial charge in [0.2, 0.25) is 0 Å². The van der Waals surface area contributed by atoms with Gasteiger partial charge in [-0.05, 0) is 33.5 Å². The SMILES string of the molecule is c1cc2c3c(cccc3c1)-c1c-2ccc2c1sc1ccccc12. The van der Waals surface area contributed by atoms with Crippen LogP contribution in [0.5, 0.6) is 0 Å². The van der Waals surface area contributed by atoms with Gasteiger partial charge in [0.1, 0.15) is 0 Å². The van der Waals surface area contributed by atoms with Gasteiger partial charge in [0, 0.05) is 25.7 Å². The van der Waals surface area contributed by atoms with Gasteiger partial charge in [-0.3, -0.25) is 0 Å². The van der Waals surface area contributed by atoms with Crippen molar-refractivity contribution in [3.63, 3.8) is 0 Å². The van der Waals surface area contributed by atoms with Gasteiger partial charge in [-0.2, -0.15) is 0 Å². The topological polar surface area (TPSA) is 0 Å². The molecular weight excluding hydrogens is 296 g/mol. The first-order valence-electron chi connectivity index (χ1n) is 7.88. The Kier molecular flexibility index (Phi) is 2.07. The molecule has 0 saturated carbocycles. The highest BCUT2D eigenvalue weighted by atomic mass is 32.1. The quantitative estimate of drug-likeness (QED) is 0.288. The van der Waals surface area contributed by atoms with Crippen molar-refractivity contribution in [2.24, 2.45) is 0 Å². The van der Waals surface area contributed by atoms with E-state index in [2.05, 4.69) is 72.8 Å². The van der Waals surface area contributed by atoms with Gasteiger partial charge in [0.15, 0.2) is 0 Å². The number of fused-ring (bicyclic) bond motifs is 7. The van der Waals surface area contributed by atoms with Crippen LogP contribution in [-0.2, 0) is 0 Å². The van der Waals surface area contributed by atoms with E-state index >= 15 is 0 Å². The molecule has 1 aliphatic carbocycles. The maximum absolute atomic E-state index is 2.31. The minimum Gasteiger partial charge on any atom is -0.135 e. The third kappa shape index (κ3) is 1.37. The smallest absolute Gasteiger partial charge is 0.0440 e. The fraction of sp³-hybridized carbons (Fsp3) is 0. The summed E-state index contributed by atoms with van der Waals surface area (Å²) in [5.41, 5.74) is 5.59. The van der Waals surface area contributed by atoms with E-state index in [9.17, 15) is 0 Å². The Labute approximate surface area is 137 Å². The third-order valence-corrected chi connectivity index (χ3v) is 6.22. The van der Waals surface area contributed by atoms with E-state index in [1.54, 1.807) is 0 Å². The summed E-state index contributed by atoms with van der Waals surface area (Å²) in [6, 6.07) is 26.7. The van der Waals surface area contributed by atoms with E-state index in [0.717, 1.165) is 0 Å². The molecule has 6 rings (SSSR count). The van der Waals surface area contributed by atoms with Crippen LogP contribution in [0.15, 0.2) is 72.8 Å². The molecule has 0 bridgehead atoms. The molecule has 0 nitrogen and oxygen atoms in total. The number of benzene rings is 4. The van der Waals surface area contributed by atoms with Gasteiger partial charge in [0.25, 0.3) is 0 Å². The molecule has 0 aliphatic heterocycles. The Bertz CT molecular complexity index is 1250. The van der Waals surface area contributed by atoms with Crippen LogP contribution in [0.4, 0.5) is 0 Å². The standard InChI is InChI=1S/C22H12S/c1-2-10-19-14(7-1)17-12-11-16-15-8-3-5-13-6-4-9-18(20(13)15)21(16)22(17)23-19/h1-12H. The average molecular weight is 308 g/mol. The van der Waals surface area contributed by atoms with Gasteiger partial charge in [0.05, 0.1) is 0 Å². The van der Waals surface area contributed by atoms with E-state index in [4.69, 9.17) is 0 Å². The minimum atomic E-state index is 1.34. The third-order valence-electron chi connectivity index (χ3n) is 5.01. The fourth-order valence-electron chi connectivity index (χ4n) is 4.05. The van der Waals surface area contributed by atoms with Crippen molar-refractivity contribution in [3.05, 3.63) is 72.8 Å². The van der Waals surface area contributed by atoms with Crippen molar-refractivity contribution in [1.29, 1.82) is 0 Å². The van der Waals surface area contributed by atoms with Gasteiger partial charge < -0.3 is 0 Å². The van der Waals surface area contributed by atoms with Crippen molar-refractivity contribution >= 4 is 42.3 Å². The fourth-order valence-corrected chi connectivity index (χ4v) is 5.32. The first-order valence-corrected chi connectivity index (χ1v) is 8.70. The Hall–Kier alpha value is -2.64. The van der Waals surface area contributed by atoms with Gasteiger partial charge in [-0.1, -0.05) is 66.7 Å². The average Bonchev–Trinajstić information content (AvgIpc) is 3.13. The highest BCUT2D eigenvalue weighted by molar-refractivity contribution is 7.26. The van der Waals surface area contributed by atoms with Crippen LogP contribution in [-0.4, -0.2) is 0 Å². The van der Waals surface area contributed by atoms with Crippen molar-refractivity contribution in [2.45, 2.75) is 0 Å².